The number of nitrogens with zero attached hydrogens (tertiary/aromatic N) is 6. The number of morpholine rings is 1. The lowest BCUT2D eigenvalue weighted by molar-refractivity contribution is -0.192. The highest BCUT2D eigenvalue weighted by atomic mass is 32.1. The molecule has 1 unspecified atom stereocenters. The Morgan fingerprint density at radius 1 is 1.17 bits per heavy atom. The minimum Gasteiger partial charge on any atom is -0.475 e. The molecule has 4 aromatic rings. The van der Waals surface area contributed by atoms with E-state index in [1.165, 1.54) is 11.3 Å². The Bertz CT molecular complexity index is 1380. The Morgan fingerprint density at radius 3 is 2.53 bits per heavy atom. The molecule has 1 fully saturated rings. The Labute approximate surface area is 206 Å². The van der Waals surface area contributed by atoms with Crippen LogP contribution in [0.25, 0.3) is 16.6 Å². The number of fused-ring (bicyclic) bond motifs is 1. The number of thiazole rings is 1. The molecule has 14 heteroatoms. The summed E-state index contributed by atoms with van der Waals surface area (Å²) in [7, 11) is 0. The van der Waals surface area contributed by atoms with E-state index in [-0.39, 0.29) is 12.0 Å². The topological polar surface area (TPSA) is 123 Å². The largest absolute Gasteiger partial charge is 0.490 e. The van der Waals surface area contributed by atoms with Gasteiger partial charge in [0.2, 0.25) is 0 Å². The first-order valence-electron chi connectivity index (χ1n) is 10.5. The SMILES string of the molecule is Cc1nc(C(=O)N2CCOC(c3nnn4cc(-c5ccncc5)ccc34)C2)cs1.O=C(O)C(F)(F)F. The molecule has 4 aromatic heterocycles. The van der Waals surface area contributed by atoms with E-state index in [4.69, 9.17) is 14.6 Å². The zero-order chi connectivity index (χ0) is 25.9. The summed E-state index contributed by atoms with van der Waals surface area (Å²) in [6.07, 6.45) is 0.0527. The summed E-state index contributed by atoms with van der Waals surface area (Å²) in [5.74, 6) is -2.83. The first-order chi connectivity index (χ1) is 17.1. The van der Waals surface area contributed by atoms with Crippen LogP contribution in [0.15, 0.2) is 48.2 Å². The zero-order valence-electron chi connectivity index (χ0n) is 18.7. The van der Waals surface area contributed by atoms with E-state index in [9.17, 15) is 18.0 Å². The van der Waals surface area contributed by atoms with Gasteiger partial charge in [0, 0.05) is 36.1 Å². The van der Waals surface area contributed by atoms with Gasteiger partial charge in [-0.1, -0.05) is 11.3 Å². The van der Waals surface area contributed by atoms with Gasteiger partial charge in [-0.15, -0.1) is 16.4 Å². The summed E-state index contributed by atoms with van der Waals surface area (Å²) in [6, 6.07) is 7.92. The summed E-state index contributed by atoms with van der Waals surface area (Å²) >= 11 is 1.48. The molecule has 1 amide bonds. The van der Waals surface area contributed by atoms with Crippen molar-refractivity contribution in [2.45, 2.75) is 19.2 Å². The van der Waals surface area contributed by atoms with Crippen LogP contribution in [-0.4, -0.2) is 72.6 Å². The average Bonchev–Trinajstić information content (AvgIpc) is 3.50. The van der Waals surface area contributed by atoms with Gasteiger partial charge < -0.3 is 14.7 Å². The number of carboxylic acid groups (broad SMARTS) is 1. The summed E-state index contributed by atoms with van der Waals surface area (Å²) in [4.78, 5) is 31.8. The molecular formula is C22H19F3N6O4S. The van der Waals surface area contributed by atoms with E-state index >= 15 is 0 Å². The summed E-state index contributed by atoms with van der Waals surface area (Å²) in [5, 5.41) is 18.4. The minimum absolute atomic E-state index is 0.0703. The molecule has 188 valence electrons. The number of aliphatic carboxylic acids is 1. The number of rotatable bonds is 3. The number of carbonyl (C=O) groups excluding carboxylic acids is 1. The third kappa shape index (κ3) is 5.66. The molecule has 5 heterocycles. The van der Waals surface area contributed by atoms with Crippen molar-refractivity contribution in [3.63, 3.8) is 0 Å². The third-order valence-electron chi connectivity index (χ3n) is 5.19. The van der Waals surface area contributed by atoms with Gasteiger partial charge in [-0.3, -0.25) is 9.78 Å². The Morgan fingerprint density at radius 2 is 1.89 bits per heavy atom. The molecule has 0 radical (unpaired) electrons. The van der Waals surface area contributed by atoms with E-state index in [1.54, 1.807) is 27.2 Å². The van der Waals surface area contributed by atoms with Crippen molar-refractivity contribution in [3.05, 3.63) is 64.6 Å². The average molecular weight is 520 g/mol. The van der Waals surface area contributed by atoms with Crippen LogP contribution in [0.1, 0.15) is 27.3 Å². The second-order valence-corrected chi connectivity index (χ2v) is 8.69. The zero-order valence-corrected chi connectivity index (χ0v) is 19.5. The van der Waals surface area contributed by atoms with Gasteiger partial charge in [0.05, 0.1) is 23.7 Å². The first-order valence-corrected chi connectivity index (χ1v) is 11.4. The van der Waals surface area contributed by atoms with Gasteiger partial charge in [0.15, 0.2) is 0 Å². The number of pyridine rings is 2. The number of amides is 1. The second kappa shape index (κ2) is 10.4. The van der Waals surface area contributed by atoms with Gasteiger partial charge in [-0.05, 0) is 30.7 Å². The van der Waals surface area contributed by atoms with E-state index in [2.05, 4.69) is 20.3 Å². The first kappa shape index (κ1) is 25.2. The Hall–Kier alpha value is -3.91. The molecule has 1 aliphatic rings. The maximum atomic E-state index is 12.8. The smallest absolute Gasteiger partial charge is 0.475 e. The fourth-order valence-corrected chi connectivity index (χ4v) is 4.07. The molecule has 0 spiro atoms. The summed E-state index contributed by atoms with van der Waals surface area (Å²) in [6.45, 7) is 3.31. The quantitative estimate of drug-likeness (QED) is 0.436. The molecule has 36 heavy (non-hydrogen) atoms. The van der Waals surface area contributed by atoms with Gasteiger partial charge in [0.25, 0.3) is 5.91 Å². The molecular weight excluding hydrogens is 501 g/mol. The second-order valence-electron chi connectivity index (χ2n) is 7.62. The highest BCUT2D eigenvalue weighted by Crippen LogP contribution is 2.27. The molecule has 0 saturated carbocycles. The van der Waals surface area contributed by atoms with Crippen LogP contribution >= 0.6 is 11.3 Å². The van der Waals surface area contributed by atoms with Crippen molar-refractivity contribution in [2.24, 2.45) is 0 Å². The van der Waals surface area contributed by atoms with Crippen molar-refractivity contribution in [1.82, 2.24) is 29.7 Å². The fraction of sp³-hybridized carbons (Fsp3) is 0.273. The van der Waals surface area contributed by atoms with E-state index < -0.39 is 12.1 Å². The maximum Gasteiger partial charge on any atom is 0.490 e. The van der Waals surface area contributed by atoms with E-state index in [0.29, 0.717) is 25.4 Å². The standard InChI is InChI=1S/C20H18N6O2S.C2HF3O2/c1-13-22-16(12-29-13)20(27)25-8-9-28-18(11-25)19-17-3-2-15(10-26(17)24-23-19)14-4-6-21-7-5-14;3-2(4,5)1(6)7/h2-7,10,12,18H,8-9,11H2,1H3;(H,6,7). The van der Waals surface area contributed by atoms with Crippen LogP contribution in [0.3, 0.4) is 0 Å². The summed E-state index contributed by atoms with van der Waals surface area (Å²) < 4.78 is 39.4. The molecule has 0 aromatic carbocycles. The van der Waals surface area contributed by atoms with Gasteiger partial charge >= 0.3 is 12.1 Å². The number of ether oxygens (including phenoxy) is 1. The molecule has 1 saturated heterocycles. The number of carbonyl (C=O) groups is 2. The number of hydrogen-bond acceptors (Lipinski definition) is 8. The molecule has 1 atom stereocenters. The normalized spacial score (nSPS) is 15.9. The predicted molar refractivity (Wildman–Crippen MR) is 121 cm³/mol. The highest BCUT2D eigenvalue weighted by Gasteiger charge is 2.38. The molecule has 1 aliphatic heterocycles. The van der Waals surface area contributed by atoms with Crippen molar-refractivity contribution >= 4 is 28.7 Å². The van der Waals surface area contributed by atoms with Crippen LogP contribution in [0.5, 0.6) is 0 Å². The molecule has 0 bridgehead atoms. The molecule has 5 rings (SSSR count). The summed E-state index contributed by atoms with van der Waals surface area (Å²) in [5.41, 5.74) is 4.17. The number of aromatic nitrogens is 5. The van der Waals surface area contributed by atoms with Crippen molar-refractivity contribution in [2.75, 3.05) is 19.7 Å². The fourth-order valence-electron chi connectivity index (χ4n) is 3.48. The lowest BCUT2D eigenvalue weighted by Gasteiger charge is -2.31. The van der Waals surface area contributed by atoms with Gasteiger partial charge in [-0.2, -0.15) is 13.2 Å². The lowest BCUT2D eigenvalue weighted by atomic mass is 10.1. The van der Waals surface area contributed by atoms with Crippen LogP contribution < -0.4 is 0 Å². The van der Waals surface area contributed by atoms with Crippen LogP contribution in [0.2, 0.25) is 0 Å². The van der Waals surface area contributed by atoms with Crippen LogP contribution in [0.4, 0.5) is 13.2 Å². The Kier molecular flexibility index (Phi) is 7.26. The van der Waals surface area contributed by atoms with E-state index in [0.717, 1.165) is 27.3 Å². The van der Waals surface area contributed by atoms with Gasteiger partial charge in [0.1, 0.15) is 17.5 Å². The third-order valence-corrected chi connectivity index (χ3v) is 5.97. The number of aryl methyl sites for hydroxylation is 1. The van der Waals surface area contributed by atoms with Crippen LogP contribution in [0, 0.1) is 6.92 Å². The number of hydrogen-bond donors (Lipinski definition) is 1. The predicted octanol–water partition coefficient (Wildman–Crippen LogP) is 3.40. The van der Waals surface area contributed by atoms with Crippen molar-refractivity contribution in [3.8, 4) is 11.1 Å². The van der Waals surface area contributed by atoms with Crippen molar-refractivity contribution in [1.29, 1.82) is 0 Å². The number of halogens is 3. The minimum atomic E-state index is -5.08. The van der Waals surface area contributed by atoms with Gasteiger partial charge in [-0.25, -0.2) is 14.3 Å². The van der Waals surface area contributed by atoms with Crippen molar-refractivity contribution < 1.29 is 32.6 Å². The van der Waals surface area contributed by atoms with Crippen LogP contribution in [-0.2, 0) is 9.53 Å². The molecule has 1 N–H and O–H groups in total. The number of carboxylic acids is 1. The molecule has 10 nitrogen and oxygen atoms in total. The Balaban J connectivity index is 0.000000384. The number of alkyl halides is 3. The highest BCUT2D eigenvalue weighted by molar-refractivity contribution is 7.09. The van der Waals surface area contributed by atoms with E-state index in [1.807, 2.05) is 37.4 Å². The monoisotopic (exact) mass is 520 g/mol. The lowest BCUT2D eigenvalue weighted by Crippen LogP contribution is -2.42. The molecule has 0 aliphatic carbocycles. The maximum absolute atomic E-state index is 12.8.